The number of carboxylic acids is 2. The van der Waals surface area contributed by atoms with Crippen LogP contribution in [0.4, 0.5) is 4.79 Å². The van der Waals surface area contributed by atoms with Crippen molar-refractivity contribution in [1.82, 2.24) is 10.2 Å². The van der Waals surface area contributed by atoms with Crippen LogP contribution in [-0.2, 0) is 20.4 Å². The molecule has 0 saturated heterocycles. The molecular formula is C9H16N2O6S. The summed E-state index contributed by atoms with van der Waals surface area (Å²) in [5.74, 6) is -2.17. The maximum absolute atomic E-state index is 11.5. The standard InChI is InChI=1S/C9H16N2O6S/c1-18(17)4-2-3-10-9(16)11(5-7(12)13)6-8(14)15/h2-6H2,1H3,(H,10,16)(H,12,13)(H,14,15). The number of nitrogens with one attached hydrogen (secondary N) is 1. The molecule has 0 saturated carbocycles. The number of hydrogen-bond acceptors (Lipinski definition) is 4. The van der Waals surface area contributed by atoms with Crippen LogP contribution in [0, 0.1) is 0 Å². The molecule has 18 heavy (non-hydrogen) atoms. The normalized spacial score (nSPS) is 11.6. The summed E-state index contributed by atoms with van der Waals surface area (Å²) in [4.78, 5) is 33.1. The van der Waals surface area contributed by atoms with Gasteiger partial charge in [-0.3, -0.25) is 13.8 Å². The lowest BCUT2D eigenvalue weighted by molar-refractivity contribution is -0.140. The Morgan fingerprint density at radius 2 is 1.67 bits per heavy atom. The van der Waals surface area contributed by atoms with Crippen LogP contribution in [0.3, 0.4) is 0 Å². The minimum Gasteiger partial charge on any atom is -0.480 e. The lowest BCUT2D eigenvalue weighted by atomic mass is 10.4. The van der Waals surface area contributed by atoms with Crippen LogP contribution in [-0.4, -0.2) is 68.9 Å². The molecule has 2 amide bonds. The number of nitrogens with zero attached hydrogens (tertiary/aromatic N) is 1. The molecule has 1 unspecified atom stereocenters. The zero-order valence-electron chi connectivity index (χ0n) is 9.92. The highest BCUT2D eigenvalue weighted by atomic mass is 32.2. The summed E-state index contributed by atoms with van der Waals surface area (Å²) in [5, 5.41) is 19.4. The Labute approximate surface area is 106 Å². The first kappa shape index (κ1) is 16.4. The smallest absolute Gasteiger partial charge is 0.323 e. The van der Waals surface area contributed by atoms with Gasteiger partial charge in [-0.1, -0.05) is 0 Å². The minimum absolute atomic E-state index is 0.216. The second kappa shape index (κ2) is 8.45. The zero-order chi connectivity index (χ0) is 14.1. The molecule has 8 nitrogen and oxygen atoms in total. The molecular weight excluding hydrogens is 264 g/mol. The van der Waals surface area contributed by atoms with E-state index in [1.807, 2.05) is 0 Å². The van der Waals surface area contributed by atoms with Crippen molar-refractivity contribution in [2.24, 2.45) is 0 Å². The van der Waals surface area contributed by atoms with Crippen molar-refractivity contribution < 1.29 is 28.8 Å². The quantitative estimate of drug-likeness (QED) is 0.487. The Balaban J connectivity index is 4.16. The summed E-state index contributed by atoms with van der Waals surface area (Å²) in [6.07, 6.45) is 2.01. The number of amides is 2. The van der Waals surface area contributed by atoms with E-state index in [9.17, 15) is 18.6 Å². The van der Waals surface area contributed by atoms with E-state index in [1.54, 1.807) is 0 Å². The molecule has 0 aromatic rings. The molecule has 0 heterocycles. The number of urea groups is 1. The largest absolute Gasteiger partial charge is 0.480 e. The van der Waals surface area contributed by atoms with Gasteiger partial charge in [0.15, 0.2) is 0 Å². The summed E-state index contributed by atoms with van der Waals surface area (Å²) in [5.41, 5.74) is 0. The number of hydrogen-bond donors (Lipinski definition) is 3. The van der Waals surface area contributed by atoms with E-state index >= 15 is 0 Å². The van der Waals surface area contributed by atoms with Crippen LogP contribution in [0.15, 0.2) is 0 Å². The van der Waals surface area contributed by atoms with Gasteiger partial charge in [-0.05, 0) is 6.42 Å². The molecule has 0 rings (SSSR count). The maximum Gasteiger partial charge on any atom is 0.323 e. The van der Waals surface area contributed by atoms with E-state index < -0.39 is 41.9 Å². The fraction of sp³-hybridized carbons (Fsp3) is 0.667. The monoisotopic (exact) mass is 280 g/mol. The number of carbonyl (C=O) groups is 3. The number of aliphatic carboxylic acids is 2. The molecule has 0 aliphatic rings. The van der Waals surface area contributed by atoms with Crippen LogP contribution in [0.2, 0.25) is 0 Å². The molecule has 104 valence electrons. The van der Waals surface area contributed by atoms with Crippen molar-refractivity contribution in [1.29, 1.82) is 0 Å². The Morgan fingerprint density at radius 3 is 2.06 bits per heavy atom. The molecule has 0 spiro atoms. The summed E-state index contributed by atoms with van der Waals surface area (Å²) in [6, 6.07) is -0.762. The zero-order valence-corrected chi connectivity index (χ0v) is 10.7. The number of carboxylic acid groups (broad SMARTS) is 2. The Morgan fingerprint density at radius 1 is 1.17 bits per heavy atom. The van der Waals surface area contributed by atoms with Crippen molar-refractivity contribution in [3.63, 3.8) is 0 Å². The van der Waals surface area contributed by atoms with Gasteiger partial charge < -0.3 is 20.4 Å². The Hall–Kier alpha value is -1.64. The predicted octanol–water partition coefficient (Wildman–Crippen LogP) is -1.06. The molecule has 0 aliphatic heterocycles. The number of rotatable bonds is 8. The maximum atomic E-state index is 11.5. The van der Waals surface area contributed by atoms with Crippen LogP contribution < -0.4 is 5.32 Å². The van der Waals surface area contributed by atoms with Gasteiger partial charge in [0.05, 0.1) is 0 Å². The summed E-state index contributed by atoms with van der Waals surface area (Å²) in [7, 11) is -0.962. The lowest BCUT2D eigenvalue weighted by Gasteiger charge is -2.18. The Kier molecular flexibility index (Phi) is 7.68. The molecule has 0 aromatic heterocycles. The van der Waals surface area contributed by atoms with Gasteiger partial charge in [0, 0.05) is 29.4 Å². The van der Waals surface area contributed by atoms with Crippen molar-refractivity contribution in [2.75, 3.05) is 31.6 Å². The second-order valence-electron chi connectivity index (χ2n) is 3.51. The van der Waals surface area contributed by atoms with E-state index in [0.717, 1.165) is 0 Å². The van der Waals surface area contributed by atoms with Crippen LogP contribution in [0.1, 0.15) is 6.42 Å². The van der Waals surface area contributed by atoms with Gasteiger partial charge in [-0.25, -0.2) is 4.79 Å². The molecule has 0 aliphatic carbocycles. The fourth-order valence-electron chi connectivity index (χ4n) is 1.11. The topological polar surface area (TPSA) is 124 Å². The third-order valence-electron chi connectivity index (χ3n) is 1.82. The minimum atomic E-state index is -1.29. The van der Waals surface area contributed by atoms with Crippen LogP contribution in [0.25, 0.3) is 0 Å². The molecule has 0 radical (unpaired) electrons. The first-order valence-electron chi connectivity index (χ1n) is 5.09. The summed E-state index contributed by atoms with van der Waals surface area (Å²) >= 11 is 0. The fourth-order valence-corrected chi connectivity index (χ4v) is 1.66. The first-order chi connectivity index (χ1) is 8.32. The molecule has 9 heteroatoms. The third-order valence-corrected chi connectivity index (χ3v) is 2.69. The molecule has 3 N–H and O–H groups in total. The Bertz CT molecular complexity index is 330. The lowest BCUT2D eigenvalue weighted by Crippen LogP contribution is -2.45. The van der Waals surface area contributed by atoms with Crippen molar-refractivity contribution in [3.05, 3.63) is 0 Å². The molecule has 1 atom stereocenters. The van der Waals surface area contributed by atoms with E-state index in [0.29, 0.717) is 17.1 Å². The van der Waals surface area contributed by atoms with Crippen molar-refractivity contribution in [3.8, 4) is 0 Å². The average Bonchev–Trinajstić information content (AvgIpc) is 2.21. The van der Waals surface area contributed by atoms with Gasteiger partial charge in [0.25, 0.3) is 0 Å². The van der Waals surface area contributed by atoms with Crippen LogP contribution in [0.5, 0.6) is 0 Å². The average molecular weight is 280 g/mol. The van der Waals surface area contributed by atoms with E-state index in [1.165, 1.54) is 6.26 Å². The van der Waals surface area contributed by atoms with Crippen molar-refractivity contribution in [2.45, 2.75) is 6.42 Å². The highest BCUT2D eigenvalue weighted by Crippen LogP contribution is 1.91. The molecule has 0 bridgehead atoms. The summed E-state index contributed by atoms with van der Waals surface area (Å²) < 4.78 is 10.7. The highest BCUT2D eigenvalue weighted by molar-refractivity contribution is 7.84. The second-order valence-corrected chi connectivity index (χ2v) is 5.06. The SMILES string of the molecule is CS(=O)CCCNC(=O)N(CC(=O)O)CC(=O)O. The van der Waals surface area contributed by atoms with E-state index in [2.05, 4.69) is 5.32 Å². The molecule has 0 fully saturated rings. The highest BCUT2D eigenvalue weighted by Gasteiger charge is 2.18. The van der Waals surface area contributed by atoms with E-state index in [4.69, 9.17) is 10.2 Å². The summed E-state index contributed by atoms with van der Waals surface area (Å²) in [6.45, 7) is -1.15. The van der Waals surface area contributed by atoms with E-state index in [-0.39, 0.29) is 6.54 Å². The van der Waals surface area contributed by atoms with Gasteiger partial charge in [-0.2, -0.15) is 0 Å². The molecule has 0 aromatic carbocycles. The number of carbonyl (C=O) groups excluding carboxylic acids is 1. The van der Waals surface area contributed by atoms with Gasteiger partial charge in [0.2, 0.25) is 0 Å². The van der Waals surface area contributed by atoms with Gasteiger partial charge >= 0.3 is 18.0 Å². The third kappa shape index (κ3) is 8.50. The van der Waals surface area contributed by atoms with Gasteiger partial charge in [0.1, 0.15) is 13.1 Å². The van der Waals surface area contributed by atoms with Crippen molar-refractivity contribution >= 4 is 28.8 Å². The predicted molar refractivity (Wildman–Crippen MR) is 63.8 cm³/mol. The van der Waals surface area contributed by atoms with Crippen LogP contribution >= 0.6 is 0 Å². The van der Waals surface area contributed by atoms with Gasteiger partial charge in [-0.15, -0.1) is 0 Å². The first-order valence-corrected chi connectivity index (χ1v) is 6.82.